The summed E-state index contributed by atoms with van der Waals surface area (Å²) in [6, 6.07) is 21.3. The molecule has 0 nitrogen and oxygen atoms in total. The lowest BCUT2D eigenvalue weighted by Crippen LogP contribution is -2.07. The Hall–Kier alpha value is -1.82. The van der Waals surface area contributed by atoms with Crippen molar-refractivity contribution in [3.63, 3.8) is 0 Å². The van der Waals surface area contributed by atoms with Crippen LogP contribution in [0.1, 0.15) is 11.1 Å². The summed E-state index contributed by atoms with van der Waals surface area (Å²) in [6.45, 7) is 0. The highest BCUT2D eigenvalue weighted by Gasteiger charge is 2.31. The Labute approximate surface area is 146 Å². The van der Waals surface area contributed by atoms with Crippen LogP contribution in [-0.4, -0.2) is 0 Å². The normalized spacial score (nSPS) is 20.3. The standard InChI is InChI=1S/C24H18/c1-3-11-19(12-4-1)23(21-15-7-8-16-21)24(22-17-9-10-18-22)20-13-5-2-6-14-20/h1-18H/b24-23-. The van der Waals surface area contributed by atoms with Crippen molar-refractivity contribution in [2.24, 2.45) is 0 Å². The van der Waals surface area contributed by atoms with Gasteiger partial charge in [-0.25, -0.2) is 0 Å². The van der Waals surface area contributed by atoms with Gasteiger partial charge in [0.1, 0.15) is 0 Å². The average molecular weight is 306 g/mol. The largest absolute Gasteiger partial charge is 0.0622 e. The minimum absolute atomic E-state index is 1.24. The molecule has 0 N–H and O–H groups in total. The van der Waals surface area contributed by atoms with Gasteiger partial charge in [0.15, 0.2) is 0 Å². The van der Waals surface area contributed by atoms with Gasteiger partial charge in [0.2, 0.25) is 0 Å². The van der Waals surface area contributed by atoms with Gasteiger partial charge in [-0.05, 0) is 73.6 Å². The van der Waals surface area contributed by atoms with E-state index in [0.717, 1.165) is 0 Å². The number of allylic oxidation sites excluding steroid dienone is 2. The van der Waals surface area contributed by atoms with Crippen LogP contribution >= 0.6 is 0 Å². The van der Waals surface area contributed by atoms with Crippen LogP contribution in [-0.2, 0) is 0 Å². The van der Waals surface area contributed by atoms with Crippen molar-refractivity contribution in [3.8, 4) is 0 Å². The monoisotopic (exact) mass is 306 g/mol. The quantitative estimate of drug-likeness (QED) is 0.663. The number of rotatable bonds is 4. The van der Waals surface area contributed by atoms with Gasteiger partial charge < -0.3 is 0 Å². The highest BCUT2D eigenvalue weighted by Crippen LogP contribution is 2.47. The average Bonchev–Trinajstić information content (AvgIpc) is 3.35. The number of benzene rings is 2. The second-order valence-electron chi connectivity index (χ2n) is 5.83. The molecule has 2 aliphatic carbocycles. The van der Waals surface area contributed by atoms with Crippen LogP contribution in [0, 0.1) is 63.2 Å². The molecule has 0 saturated heterocycles. The molecular weight excluding hydrogens is 288 g/mol. The zero-order valence-electron chi connectivity index (χ0n) is 13.4. The molecule has 0 aliphatic heterocycles. The molecule has 2 fully saturated rings. The Morgan fingerprint density at radius 2 is 0.750 bits per heavy atom. The Morgan fingerprint density at radius 3 is 1.08 bits per heavy atom. The van der Waals surface area contributed by atoms with Crippen LogP contribution in [0.5, 0.6) is 0 Å². The Morgan fingerprint density at radius 1 is 0.417 bits per heavy atom. The van der Waals surface area contributed by atoms with E-state index in [1.165, 1.54) is 34.1 Å². The number of hydrogen-bond donors (Lipinski definition) is 0. The summed E-state index contributed by atoms with van der Waals surface area (Å²) in [6.07, 6.45) is 17.2. The molecule has 2 aromatic rings. The van der Waals surface area contributed by atoms with Crippen molar-refractivity contribution < 1.29 is 0 Å². The third-order valence-corrected chi connectivity index (χ3v) is 4.28. The predicted octanol–water partition coefficient (Wildman–Crippen LogP) is 5.41. The molecule has 24 heavy (non-hydrogen) atoms. The van der Waals surface area contributed by atoms with E-state index in [2.05, 4.69) is 112 Å². The zero-order chi connectivity index (χ0) is 16.2. The van der Waals surface area contributed by atoms with E-state index in [9.17, 15) is 0 Å². The second-order valence-corrected chi connectivity index (χ2v) is 5.83. The molecule has 0 aromatic heterocycles. The van der Waals surface area contributed by atoms with Gasteiger partial charge in [-0.15, -0.1) is 0 Å². The predicted molar refractivity (Wildman–Crippen MR) is 101 cm³/mol. The third kappa shape index (κ3) is 3.20. The first-order valence-electron chi connectivity index (χ1n) is 8.23. The van der Waals surface area contributed by atoms with E-state index in [4.69, 9.17) is 0 Å². The van der Waals surface area contributed by atoms with Crippen LogP contribution < -0.4 is 0 Å². The van der Waals surface area contributed by atoms with Crippen molar-refractivity contribution in [2.45, 2.75) is 0 Å². The van der Waals surface area contributed by atoms with Crippen LogP contribution in [0.15, 0.2) is 60.7 Å². The maximum Gasteiger partial charge on any atom is 0.0133 e. The third-order valence-electron chi connectivity index (χ3n) is 4.28. The molecule has 2 aromatic carbocycles. The molecule has 0 unspecified atom stereocenters. The first-order valence-corrected chi connectivity index (χ1v) is 8.23. The van der Waals surface area contributed by atoms with Crippen LogP contribution in [0.3, 0.4) is 0 Å². The summed E-state index contributed by atoms with van der Waals surface area (Å²) < 4.78 is 0. The summed E-state index contributed by atoms with van der Waals surface area (Å²) in [5.41, 5.74) is 5.03. The molecule has 2 saturated carbocycles. The van der Waals surface area contributed by atoms with Crippen molar-refractivity contribution in [2.75, 3.05) is 0 Å². The van der Waals surface area contributed by atoms with E-state index in [1.54, 1.807) is 0 Å². The minimum atomic E-state index is 1.24. The van der Waals surface area contributed by atoms with Crippen molar-refractivity contribution in [1.82, 2.24) is 0 Å². The smallest absolute Gasteiger partial charge is 0.0133 e. The summed E-state index contributed by atoms with van der Waals surface area (Å²) in [7, 11) is 0. The number of hydrogen-bond acceptors (Lipinski definition) is 0. The highest BCUT2D eigenvalue weighted by atomic mass is 14.3. The summed E-state index contributed by atoms with van der Waals surface area (Å²) in [5.74, 6) is 2.50. The van der Waals surface area contributed by atoms with Gasteiger partial charge in [0.25, 0.3) is 0 Å². The molecule has 0 bridgehead atoms. The fourth-order valence-corrected chi connectivity index (χ4v) is 3.20. The van der Waals surface area contributed by atoms with Gasteiger partial charge in [-0.2, -0.15) is 0 Å². The molecule has 0 heteroatoms. The van der Waals surface area contributed by atoms with Gasteiger partial charge in [0, 0.05) is 11.8 Å². The summed E-state index contributed by atoms with van der Waals surface area (Å²) in [5, 5.41) is 0. The van der Waals surface area contributed by atoms with Gasteiger partial charge in [-0.1, -0.05) is 60.7 Å². The van der Waals surface area contributed by atoms with Gasteiger partial charge in [-0.3, -0.25) is 0 Å². The lowest BCUT2D eigenvalue weighted by atomic mass is 9.79. The van der Waals surface area contributed by atoms with E-state index in [-0.39, 0.29) is 0 Å². The van der Waals surface area contributed by atoms with E-state index >= 15 is 0 Å². The Kier molecular flexibility index (Phi) is 4.83. The minimum Gasteiger partial charge on any atom is -0.0622 e. The summed E-state index contributed by atoms with van der Waals surface area (Å²) >= 11 is 0. The van der Waals surface area contributed by atoms with Crippen LogP contribution in [0.4, 0.5) is 0 Å². The highest BCUT2D eigenvalue weighted by molar-refractivity contribution is 6.05. The molecule has 0 spiro atoms. The molecule has 0 heterocycles. The Balaban J connectivity index is 1.90. The van der Waals surface area contributed by atoms with Crippen LogP contribution in [0.2, 0.25) is 0 Å². The van der Waals surface area contributed by atoms with E-state index in [0.29, 0.717) is 0 Å². The molecular formula is C24H18. The Bertz CT molecular complexity index is 607. The summed E-state index contributed by atoms with van der Waals surface area (Å²) in [4.78, 5) is 0. The molecule has 0 amide bonds. The molecule has 10 radical (unpaired) electrons. The van der Waals surface area contributed by atoms with Gasteiger partial charge >= 0.3 is 0 Å². The van der Waals surface area contributed by atoms with Crippen molar-refractivity contribution in [3.05, 3.63) is 135 Å². The molecule has 114 valence electrons. The molecule has 0 atom stereocenters. The SMILES string of the molecule is [CH]1[CH][CH][C](/C(=C(\[C]2[CH][CH][CH][CH]2)c2ccccc2)c2ccccc2)[CH]1. The van der Waals surface area contributed by atoms with E-state index < -0.39 is 0 Å². The first kappa shape index (κ1) is 15.7. The topological polar surface area (TPSA) is 0 Å². The fraction of sp³-hybridized carbons (Fsp3) is 0. The van der Waals surface area contributed by atoms with E-state index in [1.807, 2.05) is 0 Å². The van der Waals surface area contributed by atoms with Crippen LogP contribution in [0.25, 0.3) is 11.1 Å². The lowest BCUT2D eigenvalue weighted by molar-refractivity contribution is 1.32. The lowest BCUT2D eigenvalue weighted by Gasteiger charge is -2.24. The van der Waals surface area contributed by atoms with Gasteiger partial charge in [0.05, 0.1) is 0 Å². The maximum absolute atomic E-state index is 2.19. The van der Waals surface area contributed by atoms with Crippen molar-refractivity contribution >= 4 is 11.1 Å². The molecule has 4 rings (SSSR count). The maximum atomic E-state index is 2.19. The first-order chi connectivity index (χ1) is 11.9. The fourth-order valence-electron chi connectivity index (χ4n) is 3.20. The second kappa shape index (κ2) is 7.38. The van der Waals surface area contributed by atoms with Crippen molar-refractivity contribution in [1.29, 1.82) is 0 Å². The zero-order valence-corrected chi connectivity index (χ0v) is 13.4. The molecule has 2 aliphatic rings.